The molecule has 0 saturated carbocycles. The molecule has 1 aromatic carbocycles. The maximum Gasteiger partial charge on any atom is 0.326 e. The number of carboxylic acid groups (broad SMARTS) is 2. The third-order valence-corrected chi connectivity index (χ3v) is 23.5. The summed E-state index contributed by atoms with van der Waals surface area (Å²) >= 11 is 4.40. The molecule has 1 saturated heterocycles. The number of aromatic hydroxyl groups is 1. The molecule has 35 N–H and O–H groups in total. The third kappa shape index (κ3) is 42.7. The van der Waals surface area contributed by atoms with Gasteiger partial charge in [-0.3, -0.25) is 107 Å². The molecule has 0 bridgehead atoms. The first kappa shape index (κ1) is 122. The van der Waals surface area contributed by atoms with Crippen LogP contribution >= 0.6 is 12.6 Å². The summed E-state index contributed by atoms with van der Waals surface area (Å²) in [5.74, 6) is -25.4. The summed E-state index contributed by atoms with van der Waals surface area (Å²) in [5.41, 5.74) is 28.3. The van der Waals surface area contributed by atoms with Crippen molar-refractivity contribution in [2.24, 2.45) is 58.3 Å². The van der Waals surface area contributed by atoms with Gasteiger partial charge in [-0.2, -0.15) is 12.6 Å². The van der Waals surface area contributed by atoms with Crippen LogP contribution in [0, 0.1) is 40.4 Å². The van der Waals surface area contributed by atoms with Crippen molar-refractivity contribution in [1.82, 2.24) is 121 Å². The number of imidazole rings is 2. The lowest BCUT2D eigenvalue weighted by atomic mass is 9.97. The fourth-order valence-corrected chi connectivity index (χ4v) is 15.2. The van der Waals surface area contributed by atoms with Crippen molar-refractivity contribution in [3.8, 4) is 5.75 Å². The van der Waals surface area contributed by atoms with E-state index in [-0.39, 0.29) is 120 Å². The number of carbonyl (C=O) groups excluding carboxylic acids is 19. The van der Waals surface area contributed by atoms with Gasteiger partial charge in [0, 0.05) is 68.4 Å². The normalized spacial score (nSPS) is 16.0. The Morgan fingerprint density at radius 2 is 0.800 bits per heavy atom. The summed E-state index contributed by atoms with van der Waals surface area (Å²) in [4.78, 5) is 304. The minimum Gasteiger partial charge on any atom is -0.508 e. The number of phenols is 1. The van der Waals surface area contributed by atoms with E-state index in [9.17, 15) is 111 Å². The first-order chi connectivity index (χ1) is 68.0. The van der Waals surface area contributed by atoms with Gasteiger partial charge < -0.3 is 155 Å². The molecule has 19 atom stereocenters. The molecule has 19 amide bonds. The SMILES string of the molecule is CC[C@H](C)[C@H](NC(=O)[C@H](C)NC(=O)[C@@H](NC(=O)[C@H](Cc1ccc(O)cc1)NC(=O)[C@H](CCCNC(=N)N)NC(=O)[C@@H](N)CC(=O)O)C(C)C)C(=O)N[C@@H](CS)C(=O)N[C@@H](Cc1cnc[nH]1)C(=O)N1CCC[C@H]1C(=O)N[C@@H](CC(C)C)C(=O)N[C@@H](CCCNC(=N)N)C(=O)N[C@@H](Cc1cnc[nH]1)C(=O)N[C@@H](C)C(=O)N[C@@H](C)C(=O)N[C@H](C(=O)N[C@@H](CC(C)C)C(=O)N[C@@H](CC(N)=O)C(=O)N[C@@H](CC(N)=O)C(=O)O)C(C)C. The van der Waals surface area contributed by atoms with Crippen LogP contribution < -0.4 is 124 Å². The number of phenolic OH excluding ortho intramolecular Hbond substituents is 1. The van der Waals surface area contributed by atoms with Crippen molar-refractivity contribution in [2.75, 3.05) is 25.4 Å². The highest BCUT2D eigenvalue weighted by Gasteiger charge is 2.44. The fourth-order valence-electron chi connectivity index (χ4n) is 14.9. The first-order valence-corrected chi connectivity index (χ1v) is 48.1. The number of thiol groups is 1. The smallest absolute Gasteiger partial charge is 0.326 e. The van der Waals surface area contributed by atoms with Gasteiger partial charge in [0.2, 0.25) is 112 Å². The summed E-state index contributed by atoms with van der Waals surface area (Å²) < 4.78 is 0. The lowest BCUT2D eigenvalue weighted by Crippen LogP contribution is -2.62. The largest absolute Gasteiger partial charge is 0.508 e. The molecule has 1 aliphatic rings. The highest BCUT2D eigenvalue weighted by molar-refractivity contribution is 7.80. The van der Waals surface area contributed by atoms with E-state index in [4.69, 9.17) is 39.5 Å². The number of guanidine groups is 2. The topological polar surface area (TPSA) is 874 Å². The number of hydrogen-bond donors (Lipinski definition) is 31. The monoisotopic (exact) mass is 2060 g/mol. The zero-order valence-corrected chi connectivity index (χ0v) is 84.3. The number of H-pyrrole nitrogens is 2. The van der Waals surface area contributed by atoms with Crippen LogP contribution in [0.1, 0.15) is 184 Å². The number of rotatable bonds is 63. The number of primary amides is 2. The maximum absolute atomic E-state index is 15.1. The molecule has 3 aromatic rings. The Bertz CT molecular complexity index is 4970. The van der Waals surface area contributed by atoms with Crippen molar-refractivity contribution in [1.29, 1.82) is 10.8 Å². The number of nitrogens with one attached hydrogen (secondary N) is 22. The average molecular weight is 2060 g/mol. The molecule has 55 heteroatoms. The average Bonchev–Trinajstić information content (AvgIpc) is 1.65. The van der Waals surface area contributed by atoms with Crippen LogP contribution in [-0.2, 0) is 120 Å². The predicted octanol–water partition coefficient (Wildman–Crippen LogP) is -7.78. The van der Waals surface area contributed by atoms with Crippen LogP contribution in [0.5, 0.6) is 5.75 Å². The molecule has 1 fully saturated rings. The summed E-state index contributed by atoms with van der Waals surface area (Å²) in [6.45, 7) is 20.2. The van der Waals surface area contributed by atoms with Crippen LogP contribution in [0.4, 0.5) is 0 Å². The molecular formula is C90H144N30O24S. The molecule has 2 aromatic heterocycles. The number of likely N-dealkylation sites (tertiary alicyclic amines) is 1. The fraction of sp³-hybridized carbons (Fsp3) is 0.611. The van der Waals surface area contributed by atoms with E-state index in [0.29, 0.717) is 17.0 Å². The van der Waals surface area contributed by atoms with E-state index in [2.05, 4.69) is 123 Å². The molecular weight excluding hydrogens is 1920 g/mol. The van der Waals surface area contributed by atoms with Crippen molar-refractivity contribution in [3.05, 3.63) is 66.3 Å². The van der Waals surface area contributed by atoms with Crippen molar-refractivity contribution < 1.29 is 116 Å². The molecule has 0 radical (unpaired) electrons. The molecule has 4 rings (SSSR count). The number of aromatic nitrogens is 4. The summed E-state index contributed by atoms with van der Waals surface area (Å²) in [6.07, 6.45) is 2.21. The van der Waals surface area contributed by atoms with Gasteiger partial charge in [0.25, 0.3) is 0 Å². The molecule has 3 heterocycles. The van der Waals surface area contributed by atoms with Crippen LogP contribution in [0.3, 0.4) is 0 Å². The highest BCUT2D eigenvalue weighted by atomic mass is 32.1. The van der Waals surface area contributed by atoms with E-state index in [0.717, 1.165) is 0 Å². The molecule has 1 aliphatic heterocycles. The Morgan fingerprint density at radius 1 is 0.434 bits per heavy atom. The minimum absolute atomic E-state index is 0.00520. The highest BCUT2D eigenvalue weighted by Crippen LogP contribution is 2.23. The Morgan fingerprint density at radius 3 is 1.26 bits per heavy atom. The van der Waals surface area contributed by atoms with E-state index in [1.807, 2.05) is 5.32 Å². The van der Waals surface area contributed by atoms with Gasteiger partial charge in [0.05, 0.1) is 38.0 Å². The second-order valence-corrected chi connectivity index (χ2v) is 37.4. The van der Waals surface area contributed by atoms with Gasteiger partial charge >= 0.3 is 11.9 Å². The van der Waals surface area contributed by atoms with Crippen molar-refractivity contribution in [3.63, 3.8) is 0 Å². The second-order valence-electron chi connectivity index (χ2n) is 37.0. The zero-order chi connectivity index (χ0) is 109. The number of carboxylic acids is 2. The van der Waals surface area contributed by atoms with Gasteiger partial charge in [-0.1, -0.05) is 87.8 Å². The Hall–Kier alpha value is -14.8. The quantitative estimate of drug-likeness (QED) is 0.0108. The van der Waals surface area contributed by atoms with Gasteiger partial charge in [-0.25, -0.2) is 14.8 Å². The van der Waals surface area contributed by atoms with E-state index in [1.165, 1.54) is 75.0 Å². The van der Waals surface area contributed by atoms with E-state index < -0.39 is 282 Å². The van der Waals surface area contributed by atoms with Crippen LogP contribution in [0.2, 0.25) is 0 Å². The van der Waals surface area contributed by atoms with E-state index >= 15 is 4.79 Å². The number of nitrogens with two attached hydrogens (primary N) is 5. The van der Waals surface area contributed by atoms with Crippen molar-refractivity contribution >= 4 is 149 Å². The minimum atomic E-state index is -1.86. The number of amides is 19. The Kier molecular flexibility index (Phi) is 51.1. The molecule has 54 nitrogen and oxygen atoms in total. The molecule has 804 valence electrons. The standard InChI is InChI=1S/C90H144N30O24S/c1-14-45(10)70(119-73(128)48(13)106-84(139)68(43(6)7)118-81(136)58(30-49-21-23-52(121)24-22-49)109-75(130)54(18-15-25-100-89(94)95)107-74(129)53(91)33-67(124)125)86(141)116-63(38-145)82(137)114-61(32-51-37-99-40-103-51)87(142)120-27-17-20-64(120)83(138)112-56(28-41(2)3)78(133)108-55(19-16-26-101-90(96)97)76(131)110-59(31-50-36-98-39-102-50)77(132)105-46(11)71(126)104-47(12)72(127)117-69(44(8)9)85(140)113-57(29-42(4)5)79(134)111-60(34-65(92)122)80(135)115-62(88(143)144)35-66(93)123/h21-24,36-37,39-48,53-64,68-70,121,145H,14-20,25-35,38,91H2,1-13H3,(H2,92,122)(H2,93,123)(H,98,102)(H,99,103)(H,104,126)(H,105,132)(H,106,139)(H,107,129)(H,108,133)(H,109,130)(H,110,131)(H,111,134)(H,112,138)(H,113,140)(H,114,137)(H,115,135)(H,116,141)(H,117,127)(H,118,136)(H,119,128)(H,124,125)(H,143,144)(H4,94,95,100)(H4,96,97,101)/t45-,46-,47-,48-,53-,54-,55-,56-,57-,58-,59-,60-,61-,62-,63-,64-,68-,69-,70-/m0/s1. The van der Waals surface area contributed by atoms with Crippen LogP contribution in [0.15, 0.2) is 49.3 Å². The second kappa shape index (κ2) is 60.6. The molecule has 145 heavy (non-hydrogen) atoms. The summed E-state index contributed by atoms with van der Waals surface area (Å²) in [5, 5.41) is 89.9. The number of carbonyl (C=O) groups is 21. The molecule has 0 spiro atoms. The van der Waals surface area contributed by atoms with Crippen molar-refractivity contribution in [2.45, 2.75) is 295 Å². The number of aromatic amines is 2. The summed E-state index contributed by atoms with van der Waals surface area (Å²) in [7, 11) is 0. The predicted molar refractivity (Wildman–Crippen MR) is 525 cm³/mol. The lowest BCUT2D eigenvalue weighted by molar-refractivity contribution is -0.144. The summed E-state index contributed by atoms with van der Waals surface area (Å²) in [6, 6.07) is -21.6. The molecule has 0 unspecified atom stereocenters. The number of nitrogens with zero attached hydrogens (tertiary/aromatic N) is 3. The van der Waals surface area contributed by atoms with Gasteiger partial charge in [-0.15, -0.1) is 0 Å². The lowest BCUT2D eigenvalue weighted by Gasteiger charge is -2.31. The number of aliphatic carboxylic acids is 2. The van der Waals surface area contributed by atoms with Gasteiger partial charge in [-0.05, 0) is 119 Å². The van der Waals surface area contributed by atoms with Crippen LogP contribution in [-0.4, -0.2) is 310 Å². The first-order valence-electron chi connectivity index (χ1n) is 47.5. The van der Waals surface area contributed by atoms with Crippen LogP contribution in [0.25, 0.3) is 0 Å². The Balaban J connectivity index is 1.53. The van der Waals surface area contributed by atoms with Gasteiger partial charge in [0.1, 0.15) is 108 Å². The molecule has 0 aliphatic carbocycles. The third-order valence-electron chi connectivity index (χ3n) is 23.1. The van der Waals surface area contributed by atoms with Gasteiger partial charge in [0.15, 0.2) is 11.9 Å². The Labute approximate surface area is 843 Å². The maximum atomic E-state index is 15.1. The number of hydrogen-bond acceptors (Lipinski definition) is 28. The van der Waals surface area contributed by atoms with E-state index in [1.54, 1.807) is 69.2 Å². The zero-order valence-electron chi connectivity index (χ0n) is 83.4. The number of benzene rings is 1.